The van der Waals surface area contributed by atoms with Crippen LogP contribution in [0.4, 0.5) is 0 Å². The lowest BCUT2D eigenvalue weighted by Gasteiger charge is -2.36. The minimum absolute atomic E-state index is 0.267. The van der Waals surface area contributed by atoms with Crippen molar-refractivity contribution in [3.8, 4) is 0 Å². The Bertz CT molecular complexity index is 544. The molecule has 0 aliphatic carbocycles. The summed E-state index contributed by atoms with van der Waals surface area (Å²) in [6, 6.07) is 4.10. The number of aromatic nitrogens is 4. The molecule has 1 atom stereocenters. The van der Waals surface area contributed by atoms with Crippen molar-refractivity contribution in [2.45, 2.75) is 25.9 Å². The van der Waals surface area contributed by atoms with Crippen molar-refractivity contribution in [2.24, 2.45) is 0 Å². The predicted molar refractivity (Wildman–Crippen MR) is 77.7 cm³/mol. The summed E-state index contributed by atoms with van der Waals surface area (Å²) in [5.74, 6) is 1.80. The number of tetrazole rings is 1. The van der Waals surface area contributed by atoms with E-state index >= 15 is 0 Å². The van der Waals surface area contributed by atoms with Crippen molar-refractivity contribution in [2.75, 3.05) is 33.2 Å². The molecule has 0 aromatic carbocycles. The first-order valence-electron chi connectivity index (χ1n) is 7.49. The third-order valence-corrected chi connectivity index (χ3v) is 4.11. The monoisotopic (exact) mass is 290 g/mol. The topological polar surface area (TPSA) is 63.2 Å². The second-order valence-corrected chi connectivity index (χ2v) is 5.54. The van der Waals surface area contributed by atoms with Crippen LogP contribution in [0.1, 0.15) is 31.0 Å². The summed E-state index contributed by atoms with van der Waals surface area (Å²) in [4.78, 5) is 4.83. The van der Waals surface area contributed by atoms with Crippen molar-refractivity contribution >= 4 is 0 Å². The van der Waals surface area contributed by atoms with Gasteiger partial charge in [-0.2, -0.15) is 0 Å². The first kappa shape index (κ1) is 14.2. The standard InChI is InChI=1S/C14H22N6O/c1-3-13(19-8-6-18(2)7-9-19)14-15-16-17-20(14)11-12-5-4-10-21-12/h4-5,10,13H,3,6-9,11H2,1-2H3/t13-/m0/s1. The zero-order chi connectivity index (χ0) is 14.7. The molecule has 1 aliphatic rings. The minimum Gasteiger partial charge on any atom is -0.467 e. The molecule has 0 spiro atoms. The van der Waals surface area contributed by atoms with E-state index in [9.17, 15) is 0 Å². The molecule has 0 saturated carbocycles. The van der Waals surface area contributed by atoms with Gasteiger partial charge in [0.1, 0.15) is 12.3 Å². The fourth-order valence-electron chi connectivity index (χ4n) is 2.85. The SMILES string of the molecule is CC[C@@H](c1nnnn1Cc1ccco1)N1CCN(C)CC1. The third kappa shape index (κ3) is 3.14. The first-order chi connectivity index (χ1) is 10.3. The second-order valence-electron chi connectivity index (χ2n) is 5.54. The largest absolute Gasteiger partial charge is 0.467 e. The summed E-state index contributed by atoms with van der Waals surface area (Å²) in [6.45, 7) is 7.08. The molecule has 3 rings (SSSR count). The van der Waals surface area contributed by atoms with Crippen molar-refractivity contribution in [3.05, 3.63) is 30.0 Å². The molecular formula is C14H22N6O. The molecule has 7 heteroatoms. The summed E-state index contributed by atoms with van der Waals surface area (Å²) in [5.41, 5.74) is 0. The van der Waals surface area contributed by atoms with Gasteiger partial charge in [0.25, 0.3) is 0 Å². The summed E-state index contributed by atoms with van der Waals surface area (Å²) < 4.78 is 7.25. The maximum Gasteiger partial charge on any atom is 0.168 e. The number of piperazine rings is 1. The Labute approximate surface area is 124 Å². The maximum absolute atomic E-state index is 5.40. The van der Waals surface area contributed by atoms with E-state index in [1.165, 1.54) is 0 Å². The smallest absolute Gasteiger partial charge is 0.168 e. The van der Waals surface area contributed by atoms with Crippen molar-refractivity contribution in [1.29, 1.82) is 0 Å². The molecular weight excluding hydrogens is 268 g/mol. The molecule has 0 amide bonds. The molecule has 1 aliphatic heterocycles. The molecule has 7 nitrogen and oxygen atoms in total. The van der Waals surface area contributed by atoms with Crippen LogP contribution in [0.5, 0.6) is 0 Å². The van der Waals surface area contributed by atoms with Crippen LogP contribution in [-0.2, 0) is 6.54 Å². The number of hydrogen-bond acceptors (Lipinski definition) is 6. The van der Waals surface area contributed by atoms with Gasteiger partial charge in [-0.05, 0) is 36.0 Å². The lowest BCUT2D eigenvalue weighted by molar-refractivity contribution is 0.102. The molecule has 1 fully saturated rings. The molecule has 21 heavy (non-hydrogen) atoms. The van der Waals surface area contributed by atoms with E-state index in [-0.39, 0.29) is 6.04 Å². The Morgan fingerprint density at radius 3 is 2.76 bits per heavy atom. The highest BCUT2D eigenvalue weighted by atomic mass is 16.3. The summed E-state index contributed by atoms with van der Waals surface area (Å²) in [5, 5.41) is 12.3. The summed E-state index contributed by atoms with van der Waals surface area (Å²) in [7, 11) is 2.17. The van der Waals surface area contributed by atoms with E-state index in [4.69, 9.17) is 4.42 Å². The molecule has 2 aromatic rings. The van der Waals surface area contributed by atoms with Gasteiger partial charge < -0.3 is 9.32 Å². The second kappa shape index (κ2) is 6.36. The van der Waals surface area contributed by atoms with Crippen molar-refractivity contribution in [3.63, 3.8) is 0 Å². The van der Waals surface area contributed by atoms with Gasteiger partial charge in [-0.3, -0.25) is 4.90 Å². The number of furan rings is 1. The van der Waals surface area contributed by atoms with Gasteiger partial charge >= 0.3 is 0 Å². The lowest BCUT2D eigenvalue weighted by atomic mass is 10.1. The Hall–Kier alpha value is -1.73. The highest BCUT2D eigenvalue weighted by Crippen LogP contribution is 2.23. The number of nitrogens with zero attached hydrogens (tertiary/aromatic N) is 6. The zero-order valence-electron chi connectivity index (χ0n) is 12.6. The molecule has 2 aromatic heterocycles. The van der Waals surface area contributed by atoms with Gasteiger partial charge in [-0.15, -0.1) is 5.10 Å². The maximum atomic E-state index is 5.40. The van der Waals surface area contributed by atoms with Crippen LogP contribution >= 0.6 is 0 Å². The molecule has 1 saturated heterocycles. The van der Waals surface area contributed by atoms with Crippen LogP contribution in [0.15, 0.2) is 22.8 Å². The van der Waals surface area contributed by atoms with E-state index in [0.717, 1.165) is 44.2 Å². The summed E-state index contributed by atoms with van der Waals surface area (Å²) in [6.07, 6.45) is 2.68. The van der Waals surface area contributed by atoms with Crippen molar-refractivity contribution < 1.29 is 4.42 Å². The van der Waals surface area contributed by atoms with E-state index in [2.05, 4.69) is 39.3 Å². The number of hydrogen-bond donors (Lipinski definition) is 0. The minimum atomic E-state index is 0.267. The van der Waals surface area contributed by atoms with Gasteiger partial charge in [-0.1, -0.05) is 6.92 Å². The predicted octanol–water partition coefficient (Wildman–Crippen LogP) is 1.01. The quantitative estimate of drug-likeness (QED) is 0.819. The molecule has 0 radical (unpaired) electrons. The van der Waals surface area contributed by atoms with Crippen LogP contribution < -0.4 is 0 Å². The van der Waals surface area contributed by atoms with Gasteiger partial charge in [-0.25, -0.2) is 4.68 Å². The van der Waals surface area contributed by atoms with Gasteiger partial charge in [0, 0.05) is 26.2 Å². The Kier molecular flexibility index (Phi) is 4.31. The third-order valence-electron chi connectivity index (χ3n) is 4.11. The van der Waals surface area contributed by atoms with Crippen LogP contribution in [0.2, 0.25) is 0 Å². The van der Waals surface area contributed by atoms with Crippen LogP contribution in [0.25, 0.3) is 0 Å². The Morgan fingerprint density at radius 1 is 1.29 bits per heavy atom. The molecule has 114 valence electrons. The number of rotatable bonds is 5. The van der Waals surface area contributed by atoms with E-state index in [1.54, 1.807) is 6.26 Å². The average Bonchev–Trinajstić information content (AvgIpc) is 3.15. The van der Waals surface area contributed by atoms with E-state index in [0.29, 0.717) is 6.54 Å². The molecule has 0 N–H and O–H groups in total. The Morgan fingerprint density at radius 2 is 2.10 bits per heavy atom. The van der Waals surface area contributed by atoms with Crippen LogP contribution in [0, 0.1) is 0 Å². The average molecular weight is 290 g/mol. The normalized spacial score (nSPS) is 19.0. The van der Waals surface area contributed by atoms with Crippen LogP contribution in [0.3, 0.4) is 0 Å². The van der Waals surface area contributed by atoms with Crippen LogP contribution in [-0.4, -0.2) is 63.2 Å². The van der Waals surface area contributed by atoms with Gasteiger partial charge in [0.2, 0.25) is 0 Å². The highest BCUT2D eigenvalue weighted by Gasteiger charge is 2.27. The fourth-order valence-corrected chi connectivity index (χ4v) is 2.85. The van der Waals surface area contributed by atoms with Gasteiger partial charge in [0.05, 0.1) is 12.3 Å². The van der Waals surface area contributed by atoms with E-state index < -0.39 is 0 Å². The first-order valence-corrected chi connectivity index (χ1v) is 7.49. The fraction of sp³-hybridized carbons (Fsp3) is 0.643. The molecule has 0 bridgehead atoms. The highest BCUT2D eigenvalue weighted by molar-refractivity contribution is 5.01. The zero-order valence-corrected chi connectivity index (χ0v) is 12.6. The van der Waals surface area contributed by atoms with Crippen molar-refractivity contribution in [1.82, 2.24) is 30.0 Å². The number of likely N-dealkylation sites (N-methyl/N-ethyl adjacent to an activating group) is 1. The molecule has 0 unspecified atom stereocenters. The van der Waals surface area contributed by atoms with Gasteiger partial charge in [0.15, 0.2) is 5.82 Å². The summed E-state index contributed by atoms with van der Waals surface area (Å²) >= 11 is 0. The van der Waals surface area contributed by atoms with E-state index in [1.807, 2.05) is 16.8 Å². The Balaban J connectivity index is 1.76. The molecule has 3 heterocycles. The lowest BCUT2D eigenvalue weighted by Crippen LogP contribution is -2.46.